The molecule has 0 spiro atoms. The molecule has 5 heteroatoms. The Kier molecular flexibility index (Phi) is 3.46. The van der Waals surface area contributed by atoms with E-state index in [-0.39, 0.29) is 17.7 Å². The van der Waals surface area contributed by atoms with Crippen LogP contribution in [-0.4, -0.2) is 21.7 Å². The third kappa shape index (κ3) is 2.35. The Morgan fingerprint density at radius 3 is 2.68 bits per heavy atom. The monoisotopic (exact) mass is 333 g/mol. The lowest BCUT2D eigenvalue weighted by Gasteiger charge is -2.28. The summed E-state index contributed by atoms with van der Waals surface area (Å²) < 4.78 is 0. The van der Waals surface area contributed by atoms with E-state index in [4.69, 9.17) is 0 Å². The number of nitrogens with zero attached hydrogens (tertiary/aromatic N) is 2. The molecule has 2 aromatic carbocycles. The van der Waals surface area contributed by atoms with Crippen molar-refractivity contribution >= 4 is 28.4 Å². The minimum atomic E-state index is -0.447. The van der Waals surface area contributed by atoms with E-state index in [1.165, 1.54) is 0 Å². The van der Waals surface area contributed by atoms with Crippen LogP contribution in [0.5, 0.6) is 0 Å². The summed E-state index contributed by atoms with van der Waals surface area (Å²) in [7, 11) is 0. The van der Waals surface area contributed by atoms with Gasteiger partial charge in [-0.05, 0) is 43.2 Å². The molecule has 2 atom stereocenters. The molecule has 3 aromatic rings. The molecule has 1 aliphatic rings. The van der Waals surface area contributed by atoms with Crippen molar-refractivity contribution in [2.24, 2.45) is 5.92 Å². The van der Waals surface area contributed by atoms with Gasteiger partial charge in [-0.3, -0.25) is 14.5 Å². The second kappa shape index (κ2) is 5.55. The molecule has 0 radical (unpaired) electrons. The fourth-order valence-electron chi connectivity index (χ4n) is 3.65. The first-order valence-corrected chi connectivity index (χ1v) is 8.35. The number of fused-ring (bicyclic) bond motifs is 1. The highest BCUT2D eigenvalue weighted by molar-refractivity contribution is 6.44. The lowest BCUT2D eigenvalue weighted by Crippen LogP contribution is -2.30. The Morgan fingerprint density at radius 1 is 1.08 bits per heavy atom. The number of carbonyl (C=O) groups is 2. The van der Waals surface area contributed by atoms with Gasteiger partial charge in [-0.25, -0.2) is 4.98 Å². The molecule has 5 nitrogen and oxygen atoms in total. The van der Waals surface area contributed by atoms with E-state index in [1.54, 1.807) is 11.2 Å². The molecule has 0 aliphatic carbocycles. The number of carbonyl (C=O) groups excluding carboxylic acids is 2. The number of aryl methyl sites for hydroxylation is 2. The average Bonchev–Trinajstić information content (AvgIpc) is 3.15. The summed E-state index contributed by atoms with van der Waals surface area (Å²) >= 11 is 0. The summed E-state index contributed by atoms with van der Waals surface area (Å²) in [6.07, 6.45) is 1.62. The second-order valence-electron chi connectivity index (χ2n) is 6.74. The van der Waals surface area contributed by atoms with Crippen molar-refractivity contribution < 1.29 is 9.59 Å². The predicted octanol–water partition coefficient (Wildman–Crippen LogP) is 3.47. The first-order valence-electron chi connectivity index (χ1n) is 8.35. The first-order chi connectivity index (χ1) is 12.0. The topological polar surface area (TPSA) is 66.1 Å². The summed E-state index contributed by atoms with van der Waals surface area (Å²) in [5.74, 6) is -1.17. The highest BCUT2D eigenvalue weighted by atomic mass is 16.2. The van der Waals surface area contributed by atoms with Gasteiger partial charge in [0.05, 0.1) is 23.4 Å². The van der Waals surface area contributed by atoms with Crippen LogP contribution in [0.1, 0.15) is 29.7 Å². The van der Waals surface area contributed by atoms with Crippen LogP contribution in [0.15, 0.2) is 42.7 Å². The maximum Gasteiger partial charge on any atom is 0.295 e. The summed E-state index contributed by atoms with van der Waals surface area (Å²) in [6, 6.07) is 11.5. The molecule has 1 aromatic heterocycles. The largest absolute Gasteiger partial charge is 0.345 e. The zero-order valence-electron chi connectivity index (χ0n) is 14.4. The highest BCUT2D eigenvalue weighted by Gasteiger charge is 2.46. The van der Waals surface area contributed by atoms with Crippen LogP contribution in [0.2, 0.25) is 0 Å². The molecular formula is C20H19N3O2. The van der Waals surface area contributed by atoms with E-state index < -0.39 is 5.91 Å². The number of H-pyrrole nitrogens is 1. The minimum Gasteiger partial charge on any atom is -0.345 e. The van der Waals surface area contributed by atoms with Crippen LogP contribution in [0, 0.1) is 19.8 Å². The molecule has 0 saturated carbocycles. The number of anilines is 1. The molecular weight excluding hydrogens is 314 g/mol. The fourth-order valence-corrected chi connectivity index (χ4v) is 3.65. The molecule has 1 N–H and O–H groups in total. The molecule has 1 saturated heterocycles. The lowest BCUT2D eigenvalue weighted by atomic mass is 9.90. The Morgan fingerprint density at radius 2 is 1.88 bits per heavy atom. The van der Waals surface area contributed by atoms with E-state index in [0.717, 1.165) is 27.7 Å². The van der Waals surface area contributed by atoms with Crippen molar-refractivity contribution in [3.05, 3.63) is 59.4 Å². The van der Waals surface area contributed by atoms with Gasteiger partial charge >= 0.3 is 0 Å². The van der Waals surface area contributed by atoms with Gasteiger partial charge in [-0.15, -0.1) is 0 Å². The van der Waals surface area contributed by atoms with E-state index >= 15 is 0 Å². The SMILES string of the molecule is Cc1ccc(C)c(C2C(C)C(=O)C(=O)N2c2ccc3nc[nH]c3c2)c1. The van der Waals surface area contributed by atoms with E-state index in [1.807, 2.05) is 51.1 Å². The normalized spacial score (nSPS) is 20.7. The number of aromatic nitrogens is 2. The van der Waals surface area contributed by atoms with Crippen molar-refractivity contribution in [2.75, 3.05) is 4.90 Å². The van der Waals surface area contributed by atoms with Gasteiger partial charge in [0.15, 0.2) is 0 Å². The summed E-state index contributed by atoms with van der Waals surface area (Å²) in [5.41, 5.74) is 5.61. The Bertz CT molecular complexity index is 1010. The zero-order valence-corrected chi connectivity index (χ0v) is 14.4. The number of hydrogen-bond donors (Lipinski definition) is 1. The Hall–Kier alpha value is -2.95. The van der Waals surface area contributed by atoms with Crippen molar-refractivity contribution in [3.63, 3.8) is 0 Å². The highest BCUT2D eigenvalue weighted by Crippen LogP contribution is 2.41. The van der Waals surface area contributed by atoms with Gasteiger partial charge in [0.2, 0.25) is 5.78 Å². The van der Waals surface area contributed by atoms with Crippen molar-refractivity contribution in [2.45, 2.75) is 26.8 Å². The van der Waals surface area contributed by atoms with Crippen molar-refractivity contribution in [1.82, 2.24) is 9.97 Å². The molecule has 4 rings (SSSR count). The van der Waals surface area contributed by atoms with Crippen LogP contribution >= 0.6 is 0 Å². The third-order valence-corrected chi connectivity index (χ3v) is 5.03. The lowest BCUT2D eigenvalue weighted by molar-refractivity contribution is -0.135. The number of amides is 1. The number of nitrogens with one attached hydrogen (secondary N) is 1. The molecule has 1 fully saturated rings. The van der Waals surface area contributed by atoms with Crippen molar-refractivity contribution in [3.8, 4) is 0 Å². The number of rotatable bonds is 2. The van der Waals surface area contributed by atoms with Crippen LogP contribution < -0.4 is 4.90 Å². The smallest absolute Gasteiger partial charge is 0.295 e. The number of imidazole rings is 1. The Balaban J connectivity index is 1.89. The fraction of sp³-hybridized carbons (Fsp3) is 0.250. The number of aromatic amines is 1. The van der Waals surface area contributed by atoms with Crippen LogP contribution in [0.3, 0.4) is 0 Å². The number of Topliss-reactive ketones (excluding diaryl/α,β-unsaturated/α-hetero) is 1. The maximum atomic E-state index is 12.7. The van der Waals surface area contributed by atoms with Crippen LogP contribution in [0.25, 0.3) is 11.0 Å². The Labute approximate surface area is 145 Å². The van der Waals surface area contributed by atoms with E-state index in [2.05, 4.69) is 16.0 Å². The maximum absolute atomic E-state index is 12.7. The molecule has 126 valence electrons. The van der Waals surface area contributed by atoms with Crippen LogP contribution in [0.4, 0.5) is 5.69 Å². The molecule has 0 bridgehead atoms. The standard InChI is InChI=1S/C20H19N3O2/c1-11-4-5-12(2)15(8-11)18-13(3)19(24)20(25)23(18)14-6-7-16-17(9-14)22-10-21-16/h4-10,13,18H,1-3H3,(H,21,22). The zero-order chi connectivity index (χ0) is 17.7. The minimum absolute atomic E-state index is 0.291. The molecule has 2 heterocycles. The molecule has 1 aliphatic heterocycles. The van der Waals surface area contributed by atoms with Gasteiger partial charge in [0.25, 0.3) is 5.91 Å². The summed E-state index contributed by atoms with van der Waals surface area (Å²) in [5, 5.41) is 0. The second-order valence-corrected chi connectivity index (χ2v) is 6.74. The van der Waals surface area contributed by atoms with E-state index in [0.29, 0.717) is 5.69 Å². The van der Waals surface area contributed by atoms with E-state index in [9.17, 15) is 9.59 Å². The van der Waals surface area contributed by atoms with Gasteiger partial charge in [0.1, 0.15) is 0 Å². The van der Waals surface area contributed by atoms with Gasteiger partial charge in [-0.2, -0.15) is 0 Å². The van der Waals surface area contributed by atoms with Crippen LogP contribution in [-0.2, 0) is 9.59 Å². The average molecular weight is 333 g/mol. The van der Waals surface area contributed by atoms with Gasteiger partial charge in [0, 0.05) is 11.6 Å². The quantitative estimate of drug-likeness (QED) is 0.730. The molecule has 25 heavy (non-hydrogen) atoms. The number of hydrogen-bond acceptors (Lipinski definition) is 3. The first kappa shape index (κ1) is 15.6. The van der Waals surface area contributed by atoms with Crippen molar-refractivity contribution in [1.29, 1.82) is 0 Å². The number of benzene rings is 2. The van der Waals surface area contributed by atoms with Gasteiger partial charge < -0.3 is 4.98 Å². The molecule has 2 unspecified atom stereocenters. The summed E-state index contributed by atoms with van der Waals surface area (Å²) in [4.78, 5) is 34.1. The predicted molar refractivity (Wildman–Crippen MR) is 96.4 cm³/mol. The molecule has 1 amide bonds. The van der Waals surface area contributed by atoms with Gasteiger partial charge in [-0.1, -0.05) is 30.7 Å². The third-order valence-electron chi connectivity index (χ3n) is 5.03. The summed E-state index contributed by atoms with van der Waals surface area (Å²) in [6.45, 7) is 5.87. The number of ketones is 1.